The molecule has 0 atom stereocenters. The molecular formula is C23H20ClNO4. The van der Waals surface area contributed by atoms with Crippen LogP contribution in [0, 0.1) is 13.8 Å². The summed E-state index contributed by atoms with van der Waals surface area (Å²) in [6.07, 6.45) is 4.13. The quantitative estimate of drug-likeness (QED) is 0.498. The van der Waals surface area contributed by atoms with E-state index in [0.29, 0.717) is 34.6 Å². The molecule has 0 aliphatic carbocycles. The average Bonchev–Trinajstić information content (AvgIpc) is 2.69. The maximum absolute atomic E-state index is 10.7. The van der Waals surface area contributed by atoms with E-state index in [9.17, 15) is 4.79 Å². The molecule has 2 aromatic carbocycles. The summed E-state index contributed by atoms with van der Waals surface area (Å²) >= 11 is 6.30. The van der Waals surface area contributed by atoms with Gasteiger partial charge >= 0.3 is 5.97 Å². The van der Waals surface area contributed by atoms with Gasteiger partial charge in [0.25, 0.3) is 0 Å². The van der Waals surface area contributed by atoms with Crippen molar-refractivity contribution >= 4 is 23.6 Å². The first-order valence-electron chi connectivity index (χ1n) is 8.94. The van der Waals surface area contributed by atoms with Crippen molar-refractivity contribution in [1.82, 2.24) is 4.98 Å². The van der Waals surface area contributed by atoms with Crippen molar-refractivity contribution in [2.24, 2.45) is 0 Å². The molecule has 6 heteroatoms. The van der Waals surface area contributed by atoms with Gasteiger partial charge in [0.05, 0.1) is 11.2 Å². The maximum Gasteiger partial charge on any atom is 0.328 e. The Labute approximate surface area is 174 Å². The van der Waals surface area contributed by atoms with Crippen LogP contribution >= 0.6 is 11.6 Å². The van der Waals surface area contributed by atoms with Crippen molar-refractivity contribution in [1.29, 1.82) is 0 Å². The zero-order valence-corrected chi connectivity index (χ0v) is 16.8. The third-order valence-electron chi connectivity index (χ3n) is 4.11. The SMILES string of the molecule is Cc1ccc(COc2ccc(Oc3c(C)cc(/C=C/C(=O)O)cc3Cl)nc2)cc1. The monoisotopic (exact) mass is 409 g/mol. The van der Waals surface area contributed by atoms with E-state index in [2.05, 4.69) is 4.98 Å². The number of aryl methyl sites for hydroxylation is 2. The van der Waals surface area contributed by atoms with Crippen LogP contribution in [0.2, 0.25) is 5.02 Å². The van der Waals surface area contributed by atoms with Gasteiger partial charge in [-0.1, -0.05) is 41.4 Å². The highest BCUT2D eigenvalue weighted by Crippen LogP contribution is 2.34. The summed E-state index contributed by atoms with van der Waals surface area (Å²) in [7, 11) is 0. The molecule has 5 nitrogen and oxygen atoms in total. The van der Waals surface area contributed by atoms with Gasteiger partial charge in [0.1, 0.15) is 12.4 Å². The van der Waals surface area contributed by atoms with E-state index in [-0.39, 0.29) is 0 Å². The number of benzene rings is 2. The number of carbonyl (C=O) groups is 1. The molecule has 148 valence electrons. The van der Waals surface area contributed by atoms with E-state index < -0.39 is 5.97 Å². The highest BCUT2D eigenvalue weighted by molar-refractivity contribution is 6.32. The molecule has 0 unspecified atom stereocenters. The first-order valence-corrected chi connectivity index (χ1v) is 9.32. The predicted molar refractivity (Wildman–Crippen MR) is 113 cm³/mol. The van der Waals surface area contributed by atoms with Crippen molar-refractivity contribution in [2.75, 3.05) is 0 Å². The van der Waals surface area contributed by atoms with Crippen LogP contribution in [0.1, 0.15) is 22.3 Å². The number of hydrogen-bond donors (Lipinski definition) is 1. The fourth-order valence-electron chi connectivity index (χ4n) is 2.62. The molecular weight excluding hydrogens is 390 g/mol. The second-order valence-corrected chi connectivity index (χ2v) is 6.94. The zero-order chi connectivity index (χ0) is 20.8. The summed E-state index contributed by atoms with van der Waals surface area (Å²) in [6.45, 7) is 4.33. The largest absolute Gasteiger partial charge is 0.487 e. The molecule has 0 radical (unpaired) electrons. The minimum Gasteiger partial charge on any atom is -0.487 e. The van der Waals surface area contributed by atoms with Crippen molar-refractivity contribution < 1.29 is 19.4 Å². The normalized spacial score (nSPS) is 10.9. The summed E-state index contributed by atoms with van der Waals surface area (Å²) in [4.78, 5) is 14.9. The topological polar surface area (TPSA) is 68.7 Å². The van der Waals surface area contributed by atoms with Gasteiger partial charge in [-0.15, -0.1) is 0 Å². The number of aromatic nitrogens is 1. The molecule has 0 spiro atoms. The van der Waals surface area contributed by atoms with Gasteiger partial charge < -0.3 is 14.6 Å². The smallest absolute Gasteiger partial charge is 0.328 e. The Hall–Kier alpha value is -3.31. The van der Waals surface area contributed by atoms with Gasteiger partial charge in [-0.2, -0.15) is 0 Å². The second kappa shape index (κ2) is 9.26. The first kappa shape index (κ1) is 20.4. The highest BCUT2D eigenvalue weighted by Gasteiger charge is 2.10. The second-order valence-electron chi connectivity index (χ2n) is 6.53. The third-order valence-corrected chi connectivity index (χ3v) is 4.39. The number of carboxylic acid groups (broad SMARTS) is 1. The molecule has 3 aromatic rings. The van der Waals surface area contributed by atoms with Crippen LogP contribution in [0.15, 0.2) is 60.8 Å². The third kappa shape index (κ3) is 5.83. The molecule has 29 heavy (non-hydrogen) atoms. The van der Waals surface area contributed by atoms with Gasteiger partial charge in [0, 0.05) is 12.1 Å². The number of hydrogen-bond acceptors (Lipinski definition) is 4. The Balaban J connectivity index is 1.66. The summed E-state index contributed by atoms with van der Waals surface area (Å²) < 4.78 is 11.6. The average molecular weight is 410 g/mol. The molecule has 1 aromatic heterocycles. The van der Waals surface area contributed by atoms with Crippen LogP contribution in [0.25, 0.3) is 6.08 Å². The number of nitrogens with zero attached hydrogens (tertiary/aromatic N) is 1. The van der Waals surface area contributed by atoms with Crippen molar-refractivity contribution in [3.05, 3.63) is 88.1 Å². The van der Waals surface area contributed by atoms with Crippen LogP contribution in [-0.4, -0.2) is 16.1 Å². The molecule has 0 saturated carbocycles. The molecule has 0 aliphatic rings. The van der Waals surface area contributed by atoms with Crippen molar-refractivity contribution in [3.8, 4) is 17.4 Å². The fourth-order valence-corrected chi connectivity index (χ4v) is 2.93. The highest BCUT2D eigenvalue weighted by atomic mass is 35.5. The van der Waals surface area contributed by atoms with Gasteiger partial charge in [-0.3, -0.25) is 0 Å². The van der Waals surface area contributed by atoms with Crippen LogP contribution in [0.4, 0.5) is 0 Å². The minimum atomic E-state index is -1.02. The Kier molecular flexibility index (Phi) is 6.52. The lowest BCUT2D eigenvalue weighted by Crippen LogP contribution is -1.97. The van der Waals surface area contributed by atoms with E-state index >= 15 is 0 Å². The minimum absolute atomic E-state index is 0.372. The number of aliphatic carboxylic acids is 1. The van der Waals surface area contributed by atoms with Crippen LogP contribution < -0.4 is 9.47 Å². The Morgan fingerprint density at radius 2 is 1.90 bits per heavy atom. The number of pyridine rings is 1. The van der Waals surface area contributed by atoms with Crippen LogP contribution in [0.5, 0.6) is 17.4 Å². The fraction of sp³-hybridized carbons (Fsp3) is 0.130. The molecule has 3 rings (SSSR count). The summed E-state index contributed by atoms with van der Waals surface area (Å²) in [5.74, 6) is 0.467. The lowest BCUT2D eigenvalue weighted by Gasteiger charge is -2.12. The number of ether oxygens (including phenoxy) is 2. The lowest BCUT2D eigenvalue weighted by molar-refractivity contribution is -0.131. The summed E-state index contributed by atoms with van der Waals surface area (Å²) in [5, 5.41) is 9.11. The zero-order valence-electron chi connectivity index (χ0n) is 16.1. The van der Waals surface area contributed by atoms with E-state index in [1.54, 1.807) is 30.5 Å². The van der Waals surface area contributed by atoms with Crippen molar-refractivity contribution in [3.63, 3.8) is 0 Å². The molecule has 0 fully saturated rings. The van der Waals surface area contributed by atoms with Crippen LogP contribution in [-0.2, 0) is 11.4 Å². The maximum atomic E-state index is 10.7. The molecule has 1 N–H and O–H groups in total. The predicted octanol–water partition coefficient (Wildman–Crippen LogP) is 5.82. The van der Waals surface area contributed by atoms with Gasteiger partial charge in [0.2, 0.25) is 5.88 Å². The summed E-state index contributed by atoms with van der Waals surface area (Å²) in [6, 6.07) is 15.1. The molecule has 0 amide bonds. The van der Waals surface area contributed by atoms with E-state index in [0.717, 1.165) is 17.2 Å². The van der Waals surface area contributed by atoms with E-state index in [1.165, 1.54) is 11.6 Å². The summed E-state index contributed by atoms with van der Waals surface area (Å²) in [5.41, 5.74) is 3.73. The Morgan fingerprint density at radius 1 is 1.14 bits per heavy atom. The van der Waals surface area contributed by atoms with Crippen molar-refractivity contribution in [2.45, 2.75) is 20.5 Å². The first-order chi connectivity index (χ1) is 13.9. The van der Waals surface area contributed by atoms with E-state index in [4.69, 9.17) is 26.2 Å². The lowest BCUT2D eigenvalue weighted by atomic mass is 10.1. The van der Waals surface area contributed by atoms with Crippen LogP contribution in [0.3, 0.4) is 0 Å². The Bertz CT molecular complexity index is 1000. The number of halogens is 1. The van der Waals surface area contributed by atoms with Gasteiger partial charge in [0.15, 0.2) is 5.75 Å². The molecule has 1 heterocycles. The standard InChI is InChI=1S/C23H20ClNO4/c1-15-3-5-17(6-4-15)14-28-19-8-9-21(25-13-19)29-23-16(2)11-18(12-20(23)24)7-10-22(26)27/h3-13H,14H2,1-2H3,(H,26,27)/b10-7+. The molecule has 0 aliphatic heterocycles. The molecule has 0 bridgehead atoms. The Morgan fingerprint density at radius 3 is 2.52 bits per heavy atom. The molecule has 0 saturated heterocycles. The van der Waals surface area contributed by atoms with Gasteiger partial charge in [-0.25, -0.2) is 9.78 Å². The van der Waals surface area contributed by atoms with Gasteiger partial charge in [-0.05, 0) is 54.8 Å². The van der Waals surface area contributed by atoms with E-state index in [1.807, 2.05) is 38.1 Å². The number of carboxylic acids is 1. The number of rotatable bonds is 7.